The number of hydrogen-bond acceptors (Lipinski definition) is 3. The number of aryl methyl sites for hydroxylation is 1. The molecule has 0 fully saturated rings. The number of carbonyl (C=O) groups excluding carboxylic acids is 1. The molecule has 2 atom stereocenters. The molecule has 0 bridgehead atoms. The minimum atomic E-state index is -0.936. The number of rotatable bonds is 7. The Labute approximate surface area is 118 Å². The van der Waals surface area contributed by atoms with Gasteiger partial charge in [-0.1, -0.05) is 19.1 Å². The third-order valence-corrected chi connectivity index (χ3v) is 3.23. The molecule has 110 valence electrons. The molecule has 0 saturated heterocycles. The van der Waals surface area contributed by atoms with Crippen LogP contribution >= 0.6 is 0 Å². The van der Waals surface area contributed by atoms with Crippen molar-refractivity contribution < 1.29 is 19.4 Å². The van der Waals surface area contributed by atoms with Gasteiger partial charge >= 0.3 is 5.97 Å². The first kappa shape index (κ1) is 16.0. The first-order valence-electron chi connectivity index (χ1n) is 6.68. The van der Waals surface area contributed by atoms with Crippen LogP contribution in [0.15, 0.2) is 24.3 Å². The number of amides is 1. The second-order valence-electron chi connectivity index (χ2n) is 4.77. The maximum absolute atomic E-state index is 11.6. The predicted octanol–water partition coefficient (Wildman–Crippen LogP) is 1.85. The van der Waals surface area contributed by atoms with E-state index in [0.29, 0.717) is 5.75 Å². The zero-order chi connectivity index (χ0) is 15.1. The topological polar surface area (TPSA) is 75.6 Å². The monoisotopic (exact) mass is 279 g/mol. The number of aliphatic carboxylic acids is 1. The molecule has 0 aliphatic heterocycles. The molecule has 20 heavy (non-hydrogen) atoms. The second-order valence-corrected chi connectivity index (χ2v) is 4.77. The van der Waals surface area contributed by atoms with Gasteiger partial charge in [0.25, 0.3) is 5.91 Å². The summed E-state index contributed by atoms with van der Waals surface area (Å²) in [5, 5.41) is 11.4. The van der Waals surface area contributed by atoms with Gasteiger partial charge in [-0.25, -0.2) is 0 Å². The Morgan fingerprint density at radius 1 is 1.25 bits per heavy atom. The Morgan fingerprint density at radius 3 is 2.35 bits per heavy atom. The van der Waals surface area contributed by atoms with Gasteiger partial charge in [0.1, 0.15) is 5.75 Å². The molecule has 2 N–H and O–H groups in total. The largest absolute Gasteiger partial charge is 0.484 e. The van der Waals surface area contributed by atoms with Gasteiger partial charge in [-0.2, -0.15) is 0 Å². The van der Waals surface area contributed by atoms with E-state index >= 15 is 0 Å². The summed E-state index contributed by atoms with van der Waals surface area (Å²) < 4.78 is 5.35. The van der Waals surface area contributed by atoms with Gasteiger partial charge in [0, 0.05) is 6.04 Å². The lowest BCUT2D eigenvalue weighted by molar-refractivity contribution is -0.142. The van der Waals surface area contributed by atoms with Gasteiger partial charge in [-0.3, -0.25) is 9.59 Å². The van der Waals surface area contributed by atoms with Gasteiger partial charge in [-0.15, -0.1) is 0 Å². The highest BCUT2D eigenvalue weighted by atomic mass is 16.5. The first-order chi connectivity index (χ1) is 9.43. The molecular weight excluding hydrogens is 258 g/mol. The Bertz CT molecular complexity index is 455. The van der Waals surface area contributed by atoms with Crippen molar-refractivity contribution in [3.63, 3.8) is 0 Å². The molecule has 1 aromatic rings. The standard InChI is InChI=1S/C15H21NO4/c1-4-12-5-7-13(8-6-12)20-9-14(17)16-11(3)10(2)15(18)19/h5-8,10-11H,4,9H2,1-3H3,(H,16,17)(H,18,19). The summed E-state index contributed by atoms with van der Waals surface area (Å²) in [5.41, 5.74) is 1.20. The number of benzene rings is 1. The molecule has 5 nitrogen and oxygen atoms in total. The lowest BCUT2D eigenvalue weighted by Gasteiger charge is -2.17. The highest BCUT2D eigenvalue weighted by Gasteiger charge is 2.20. The van der Waals surface area contributed by atoms with E-state index in [1.165, 1.54) is 5.56 Å². The Hall–Kier alpha value is -2.04. The van der Waals surface area contributed by atoms with E-state index in [9.17, 15) is 9.59 Å². The average Bonchev–Trinajstić information content (AvgIpc) is 2.44. The minimum Gasteiger partial charge on any atom is -0.484 e. The van der Waals surface area contributed by atoms with Crippen molar-refractivity contribution in [1.82, 2.24) is 5.32 Å². The fourth-order valence-electron chi connectivity index (χ4n) is 1.60. The van der Waals surface area contributed by atoms with Crippen LogP contribution in [0.4, 0.5) is 0 Å². The highest BCUT2D eigenvalue weighted by Crippen LogP contribution is 2.12. The van der Waals surface area contributed by atoms with Crippen molar-refractivity contribution in [2.45, 2.75) is 33.2 Å². The van der Waals surface area contributed by atoms with Crippen LogP contribution in [0.1, 0.15) is 26.3 Å². The van der Waals surface area contributed by atoms with Gasteiger partial charge in [0.15, 0.2) is 6.61 Å². The average molecular weight is 279 g/mol. The van der Waals surface area contributed by atoms with E-state index in [1.807, 2.05) is 24.3 Å². The lowest BCUT2D eigenvalue weighted by Crippen LogP contribution is -2.42. The summed E-state index contributed by atoms with van der Waals surface area (Å²) in [4.78, 5) is 22.4. The second kappa shape index (κ2) is 7.53. The van der Waals surface area contributed by atoms with Crippen molar-refractivity contribution in [3.05, 3.63) is 29.8 Å². The van der Waals surface area contributed by atoms with Crippen molar-refractivity contribution in [2.24, 2.45) is 5.92 Å². The van der Waals surface area contributed by atoms with Crippen molar-refractivity contribution >= 4 is 11.9 Å². The molecule has 0 heterocycles. The third kappa shape index (κ3) is 4.91. The van der Waals surface area contributed by atoms with Crippen LogP contribution in [0.5, 0.6) is 5.75 Å². The van der Waals surface area contributed by atoms with Crippen LogP contribution in [0.2, 0.25) is 0 Å². The molecule has 1 aromatic carbocycles. The molecule has 2 unspecified atom stereocenters. The van der Waals surface area contributed by atoms with E-state index < -0.39 is 17.9 Å². The molecular formula is C15H21NO4. The molecule has 0 radical (unpaired) electrons. The number of carboxylic acid groups (broad SMARTS) is 1. The van der Waals surface area contributed by atoms with Crippen LogP contribution in [-0.2, 0) is 16.0 Å². The summed E-state index contributed by atoms with van der Waals surface area (Å²) in [7, 11) is 0. The third-order valence-electron chi connectivity index (χ3n) is 3.23. The van der Waals surface area contributed by atoms with Gasteiger partial charge in [-0.05, 0) is 38.0 Å². The number of ether oxygens (including phenoxy) is 1. The Morgan fingerprint density at radius 2 is 1.85 bits per heavy atom. The van der Waals surface area contributed by atoms with E-state index in [-0.39, 0.29) is 12.5 Å². The van der Waals surface area contributed by atoms with Gasteiger partial charge in [0.2, 0.25) is 0 Å². The summed E-state index contributed by atoms with van der Waals surface area (Å²) >= 11 is 0. The fourth-order valence-corrected chi connectivity index (χ4v) is 1.60. The summed E-state index contributed by atoms with van der Waals surface area (Å²) in [6, 6.07) is 7.08. The Kier molecular flexibility index (Phi) is 6.03. The van der Waals surface area contributed by atoms with E-state index in [2.05, 4.69) is 12.2 Å². The van der Waals surface area contributed by atoms with E-state index in [0.717, 1.165) is 6.42 Å². The minimum absolute atomic E-state index is 0.123. The maximum Gasteiger partial charge on any atom is 0.308 e. The first-order valence-corrected chi connectivity index (χ1v) is 6.68. The number of nitrogens with one attached hydrogen (secondary N) is 1. The van der Waals surface area contributed by atoms with Gasteiger partial charge in [0.05, 0.1) is 5.92 Å². The highest BCUT2D eigenvalue weighted by molar-refractivity contribution is 5.79. The molecule has 0 aromatic heterocycles. The predicted molar refractivity (Wildman–Crippen MR) is 75.7 cm³/mol. The summed E-state index contributed by atoms with van der Waals surface area (Å²) in [6.07, 6.45) is 0.950. The van der Waals surface area contributed by atoms with Crippen molar-refractivity contribution in [1.29, 1.82) is 0 Å². The molecule has 1 amide bonds. The zero-order valence-corrected chi connectivity index (χ0v) is 12.1. The van der Waals surface area contributed by atoms with Crippen LogP contribution in [-0.4, -0.2) is 29.6 Å². The van der Waals surface area contributed by atoms with E-state index in [1.54, 1.807) is 13.8 Å². The molecule has 5 heteroatoms. The molecule has 1 rings (SSSR count). The number of carboxylic acids is 1. The smallest absolute Gasteiger partial charge is 0.308 e. The van der Waals surface area contributed by atoms with Crippen LogP contribution < -0.4 is 10.1 Å². The molecule has 0 saturated carbocycles. The van der Waals surface area contributed by atoms with Crippen LogP contribution in [0, 0.1) is 5.92 Å². The quantitative estimate of drug-likeness (QED) is 0.798. The van der Waals surface area contributed by atoms with Crippen LogP contribution in [0.3, 0.4) is 0 Å². The fraction of sp³-hybridized carbons (Fsp3) is 0.467. The van der Waals surface area contributed by atoms with Crippen molar-refractivity contribution in [3.8, 4) is 5.75 Å². The Balaban J connectivity index is 2.41. The summed E-state index contributed by atoms with van der Waals surface area (Å²) in [6.45, 7) is 5.15. The van der Waals surface area contributed by atoms with Gasteiger partial charge < -0.3 is 15.2 Å². The molecule has 0 aliphatic rings. The zero-order valence-electron chi connectivity index (χ0n) is 12.1. The maximum atomic E-state index is 11.6. The number of carbonyl (C=O) groups is 2. The molecule has 0 spiro atoms. The van der Waals surface area contributed by atoms with Crippen molar-refractivity contribution in [2.75, 3.05) is 6.61 Å². The number of hydrogen-bond donors (Lipinski definition) is 2. The van der Waals surface area contributed by atoms with Crippen LogP contribution in [0.25, 0.3) is 0 Å². The summed E-state index contributed by atoms with van der Waals surface area (Å²) in [5.74, 6) is -1.28. The SMILES string of the molecule is CCc1ccc(OCC(=O)NC(C)C(C)C(=O)O)cc1. The van der Waals surface area contributed by atoms with E-state index in [4.69, 9.17) is 9.84 Å². The lowest BCUT2D eigenvalue weighted by atomic mass is 10.0. The molecule has 0 aliphatic carbocycles. The normalized spacial score (nSPS) is 13.3.